The first-order chi connectivity index (χ1) is 9.00. The Morgan fingerprint density at radius 2 is 1.63 bits per heavy atom. The molecule has 2 aromatic carbocycles. The lowest BCUT2D eigenvalue weighted by Crippen LogP contribution is -1.96. The monoisotopic (exact) mass is 259 g/mol. The number of aliphatic hydroxyl groups excluding tert-OH is 1. The second kappa shape index (κ2) is 4.81. The molecule has 5 nitrogen and oxygen atoms in total. The van der Waals surface area contributed by atoms with Crippen LogP contribution in [0.25, 0.3) is 5.76 Å². The fraction of sp³-hybridized carbons (Fsp3) is 0. The highest BCUT2D eigenvalue weighted by Crippen LogP contribution is 2.45. The zero-order valence-electron chi connectivity index (χ0n) is 9.96. The van der Waals surface area contributed by atoms with Crippen molar-refractivity contribution in [2.75, 3.05) is 5.32 Å². The SMILES string of the molecule is C=C(O)c1cc(O)c(O)c(O)c1Nc1ccccc1. The summed E-state index contributed by atoms with van der Waals surface area (Å²) < 4.78 is 0. The molecule has 0 aliphatic rings. The van der Waals surface area contributed by atoms with Gasteiger partial charge in [-0.2, -0.15) is 0 Å². The maximum atomic E-state index is 9.84. The van der Waals surface area contributed by atoms with Crippen molar-refractivity contribution in [3.63, 3.8) is 0 Å². The van der Waals surface area contributed by atoms with Gasteiger partial charge >= 0.3 is 0 Å². The van der Waals surface area contributed by atoms with Crippen LogP contribution in [0, 0.1) is 0 Å². The summed E-state index contributed by atoms with van der Waals surface area (Å²) in [6.07, 6.45) is 0. The van der Waals surface area contributed by atoms with Crippen molar-refractivity contribution >= 4 is 17.1 Å². The molecule has 0 unspecified atom stereocenters. The van der Waals surface area contributed by atoms with Gasteiger partial charge in [-0.25, -0.2) is 0 Å². The van der Waals surface area contributed by atoms with Gasteiger partial charge in [-0.05, 0) is 18.2 Å². The number of hydrogen-bond donors (Lipinski definition) is 5. The van der Waals surface area contributed by atoms with Crippen LogP contribution in [0.1, 0.15) is 5.56 Å². The molecule has 2 aromatic rings. The minimum Gasteiger partial charge on any atom is -0.508 e. The van der Waals surface area contributed by atoms with Gasteiger partial charge in [0, 0.05) is 11.3 Å². The van der Waals surface area contributed by atoms with E-state index in [1.807, 2.05) is 6.07 Å². The molecule has 0 amide bonds. The summed E-state index contributed by atoms with van der Waals surface area (Å²) in [5, 5.41) is 41.1. The second-order valence-electron chi connectivity index (χ2n) is 3.95. The van der Waals surface area contributed by atoms with E-state index in [1.54, 1.807) is 24.3 Å². The van der Waals surface area contributed by atoms with Crippen LogP contribution in [0.15, 0.2) is 43.0 Å². The third kappa shape index (κ3) is 2.40. The van der Waals surface area contributed by atoms with Gasteiger partial charge in [0.25, 0.3) is 0 Å². The van der Waals surface area contributed by atoms with Crippen LogP contribution in [-0.2, 0) is 0 Å². The van der Waals surface area contributed by atoms with Crippen LogP contribution in [0.3, 0.4) is 0 Å². The number of rotatable bonds is 3. The van der Waals surface area contributed by atoms with E-state index < -0.39 is 17.2 Å². The van der Waals surface area contributed by atoms with Gasteiger partial charge in [-0.3, -0.25) is 0 Å². The maximum absolute atomic E-state index is 9.84. The summed E-state index contributed by atoms with van der Waals surface area (Å²) in [5.41, 5.74) is 0.802. The van der Waals surface area contributed by atoms with Gasteiger partial charge in [0.15, 0.2) is 11.5 Å². The maximum Gasteiger partial charge on any atom is 0.202 e. The van der Waals surface area contributed by atoms with E-state index in [4.69, 9.17) is 0 Å². The Balaban J connectivity index is 2.55. The van der Waals surface area contributed by atoms with E-state index in [9.17, 15) is 20.4 Å². The highest BCUT2D eigenvalue weighted by Gasteiger charge is 2.18. The Labute approximate surface area is 109 Å². The third-order valence-electron chi connectivity index (χ3n) is 2.61. The topological polar surface area (TPSA) is 93.0 Å². The lowest BCUT2D eigenvalue weighted by molar-refractivity contribution is 0.368. The fourth-order valence-electron chi connectivity index (χ4n) is 1.66. The van der Waals surface area contributed by atoms with E-state index in [1.165, 1.54) is 0 Å². The van der Waals surface area contributed by atoms with Crippen molar-refractivity contribution in [2.24, 2.45) is 0 Å². The van der Waals surface area contributed by atoms with E-state index in [-0.39, 0.29) is 17.0 Å². The van der Waals surface area contributed by atoms with Gasteiger partial charge in [-0.15, -0.1) is 0 Å². The van der Waals surface area contributed by atoms with Crippen molar-refractivity contribution in [3.05, 3.63) is 48.5 Å². The molecule has 0 saturated heterocycles. The Kier molecular flexibility index (Phi) is 3.20. The average molecular weight is 259 g/mol. The molecule has 0 saturated carbocycles. The van der Waals surface area contributed by atoms with Gasteiger partial charge < -0.3 is 25.7 Å². The van der Waals surface area contributed by atoms with Crippen LogP contribution in [0.4, 0.5) is 11.4 Å². The highest BCUT2D eigenvalue weighted by atomic mass is 16.3. The number of anilines is 2. The molecule has 0 bridgehead atoms. The van der Waals surface area contributed by atoms with Crippen LogP contribution >= 0.6 is 0 Å². The van der Waals surface area contributed by atoms with Gasteiger partial charge in [-0.1, -0.05) is 24.8 Å². The van der Waals surface area contributed by atoms with E-state index >= 15 is 0 Å². The van der Waals surface area contributed by atoms with E-state index in [0.717, 1.165) is 6.07 Å². The average Bonchev–Trinajstić information content (AvgIpc) is 2.40. The lowest BCUT2D eigenvalue weighted by atomic mass is 10.1. The molecule has 0 heterocycles. The van der Waals surface area contributed by atoms with Crippen molar-refractivity contribution < 1.29 is 20.4 Å². The van der Waals surface area contributed by atoms with Crippen molar-refractivity contribution in [3.8, 4) is 17.2 Å². The molecule has 19 heavy (non-hydrogen) atoms. The molecule has 0 aliphatic carbocycles. The molecule has 0 radical (unpaired) electrons. The Bertz CT molecular complexity index is 623. The predicted octanol–water partition coefficient (Wildman–Crippen LogP) is 3.08. The minimum atomic E-state index is -0.663. The smallest absolute Gasteiger partial charge is 0.202 e. The van der Waals surface area contributed by atoms with Crippen LogP contribution in [-0.4, -0.2) is 20.4 Å². The lowest BCUT2D eigenvalue weighted by Gasteiger charge is -2.15. The van der Waals surface area contributed by atoms with Gasteiger partial charge in [0.2, 0.25) is 5.75 Å². The molecule has 0 spiro atoms. The largest absolute Gasteiger partial charge is 0.508 e. The summed E-state index contributed by atoms with van der Waals surface area (Å²) in [5.74, 6) is -2.11. The van der Waals surface area contributed by atoms with Crippen molar-refractivity contribution in [1.29, 1.82) is 0 Å². The Morgan fingerprint density at radius 1 is 1.00 bits per heavy atom. The molecule has 5 heteroatoms. The molecular weight excluding hydrogens is 246 g/mol. The predicted molar refractivity (Wildman–Crippen MR) is 72.8 cm³/mol. The molecule has 0 aromatic heterocycles. The minimum absolute atomic E-state index is 0.0639. The zero-order valence-corrected chi connectivity index (χ0v) is 9.96. The molecule has 2 rings (SSSR count). The molecule has 0 fully saturated rings. The number of para-hydroxylation sites is 1. The molecular formula is C14H13NO4. The summed E-state index contributed by atoms with van der Waals surface area (Å²) in [6, 6.07) is 9.99. The first kappa shape index (κ1) is 12.6. The number of hydrogen-bond acceptors (Lipinski definition) is 5. The fourth-order valence-corrected chi connectivity index (χ4v) is 1.66. The summed E-state index contributed by atoms with van der Waals surface area (Å²) in [4.78, 5) is 0. The summed E-state index contributed by atoms with van der Waals surface area (Å²) >= 11 is 0. The number of nitrogens with one attached hydrogen (secondary N) is 1. The van der Waals surface area contributed by atoms with E-state index in [2.05, 4.69) is 11.9 Å². The Hall–Kier alpha value is -2.82. The summed E-state index contributed by atoms with van der Waals surface area (Å²) in [7, 11) is 0. The number of aliphatic hydroxyl groups is 1. The molecule has 98 valence electrons. The Morgan fingerprint density at radius 3 is 2.21 bits per heavy atom. The first-order valence-corrected chi connectivity index (χ1v) is 5.49. The van der Waals surface area contributed by atoms with Crippen molar-refractivity contribution in [2.45, 2.75) is 0 Å². The van der Waals surface area contributed by atoms with Crippen LogP contribution in [0.5, 0.6) is 17.2 Å². The number of benzene rings is 2. The number of phenols is 3. The molecule has 0 atom stereocenters. The third-order valence-corrected chi connectivity index (χ3v) is 2.61. The quantitative estimate of drug-likeness (QED) is 0.332. The molecule has 5 N–H and O–H groups in total. The van der Waals surface area contributed by atoms with Crippen molar-refractivity contribution in [1.82, 2.24) is 0 Å². The van der Waals surface area contributed by atoms with Crippen LogP contribution < -0.4 is 5.32 Å². The highest BCUT2D eigenvalue weighted by molar-refractivity contribution is 5.83. The zero-order chi connectivity index (χ0) is 14.0. The standard InChI is InChI=1S/C14H13NO4/c1-8(16)10-7-11(17)13(18)14(19)12(10)15-9-5-3-2-4-6-9/h2-7,15-19H,1H2. The second-order valence-corrected chi connectivity index (χ2v) is 3.95. The van der Waals surface area contributed by atoms with Gasteiger partial charge in [0.05, 0.1) is 5.69 Å². The van der Waals surface area contributed by atoms with E-state index in [0.29, 0.717) is 5.69 Å². The first-order valence-electron chi connectivity index (χ1n) is 5.49. The molecule has 0 aliphatic heterocycles. The van der Waals surface area contributed by atoms with Crippen LogP contribution in [0.2, 0.25) is 0 Å². The number of phenolic OH excluding ortho intramolecular Hbond substituents is 3. The normalized spacial score (nSPS) is 10.1. The van der Waals surface area contributed by atoms with Gasteiger partial charge in [0.1, 0.15) is 5.76 Å². The number of aromatic hydroxyl groups is 3. The summed E-state index contributed by atoms with van der Waals surface area (Å²) in [6.45, 7) is 3.35.